The summed E-state index contributed by atoms with van der Waals surface area (Å²) in [6.07, 6.45) is 3.60. The number of amides is 1. The largest absolute Gasteiger partial charge is 0.340 e. The van der Waals surface area contributed by atoms with Gasteiger partial charge < -0.3 is 9.80 Å². The molecular formula is C25H27N3O. The van der Waals surface area contributed by atoms with Gasteiger partial charge in [-0.15, -0.1) is 0 Å². The Balaban J connectivity index is 1.70. The van der Waals surface area contributed by atoms with Crippen molar-refractivity contribution in [1.82, 2.24) is 4.98 Å². The van der Waals surface area contributed by atoms with E-state index in [0.717, 1.165) is 34.7 Å². The van der Waals surface area contributed by atoms with Gasteiger partial charge >= 0.3 is 0 Å². The van der Waals surface area contributed by atoms with Gasteiger partial charge in [0, 0.05) is 18.4 Å². The van der Waals surface area contributed by atoms with E-state index in [1.54, 1.807) is 6.20 Å². The molecule has 1 aliphatic rings. The number of fused-ring (bicyclic) bond motifs is 1. The van der Waals surface area contributed by atoms with Crippen molar-refractivity contribution in [2.75, 3.05) is 16.3 Å². The molecule has 0 N–H and O–H groups in total. The minimum atomic E-state index is 0.0569. The fourth-order valence-electron chi connectivity index (χ4n) is 3.92. The van der Waals surface area contributed by atoms with Gasteiger partial charge in [0.25, 0.3) is 5.91 Å². The first-order valence-electron chi connectivity index (χ1n) is 10.1. The van der Waals surface area contributed by atoms with Crippen molar-refractivity contribution in [1.29, 1.82) is 0 Å². The van der Waals surface area contributed by atoms with E-state index in [-0.39, 0.29) is 11.3 Å². The first-order chi connectivity index (χ1) is 13.9. The van der Waals surface area contributed by atoms with Crippen molar-refractivity contribution in [3.63, 3.8) is 0 Å². The lowest BCUT2D eigenvalue weighted by Crippen LogP contribution is -2.25. The van der Waals surface area contributed by atoms with Crippen molar-refractivity contribution in [2.24, 2.45) is 0 Å². The van der Waals surface area contributed by atoms with E-state index < -0.39 is 0 Å². The first-order valence-corrected chi connectivity index (χ1v) is 10.1. The summed E-state index contributed by atoms with van der Waals surface area (Å²) < 4.78 is 0. The Hall–Kier alpha value is -3.14. The van der Waals surface area contributed by atoms with Crippen LogP contribution in [-0.2, 0) is 12.0 Å². The minimum absolute atomic E-state index is 0.0569. The molecule has 0 saturated heterocycles. The summed E-state index contributed by atoms with van der Waals surface area (Å²) in [5.74, 6) is 0.0569. The number of carbonyl (C=O) groups excluding carboxylic acids is 1. The molecule has 1 aromatic heterocycles. The minimum Gasteiger partial charge on any atom is -0.340 e. The fraction of sp³-hybridized carbons (Fsp3) is 0.280. The number of hydrogen-bond acceptors (Lipinski definition) is 3. The number of rotatable bonds is 4. The normalized spacial score (nSPS) is 13.5. The van der Waals surface area contributed by atoms with Gasteiger partial charge in [0.1, 0.15) is 0 Å². The Bertz CT molecular complexity index is 1020. The van der Waals surface area contributed by atoms with E-state index in [4.69, 9.17) is 0 Å². The second-order valence-electron chi connectivity index (χ2n) is 8.45. The maximum Gasteiger partial charge on any atom is 0.261 e. The molecule has 0 aliphatic carbocycles. The van der Waals surface area contributed by atoms with Crippen molar-refractivity contribution >= 4 is 23.0 Å². The second kappa shape index (κ2) is 7.36. The lowest BCUT2D eigenvalue weighted by atomic mass is 9.87. The van der Waals surface area contributed by atoms with Crippen LogP contribution in [0.4, 0.5) is 17.1 Å². The van der Waals surface area contributed by atoms with Crippen LogP contribution in [0.1, 0.15) is 49.2 Å². The van der Waals surface area contributed by atoms with Crippen LogP contribution in [0.5, 0.6) is 0 Å². The molecule has 0 saturated carbocycles. The molecule has 0 radical (unpaired) electrons. The monoisotopic (exact) mass is 385 g/mol. The highest BCUT2D eigenvalue weighted by Gasteiger charge is 2.32. The van der Waals surface area contributed by atoms with Gasteiger partial charge in [-0.25, -0.2) is 0 Å². The Labute approximate surface area is 172 Å². The number of pyridine rings is 1. The van der Waals surface area contributed by atoms with Gasteiger partial charge in [0.2, 0.25) is 0 Å². The third-order valence-electron chi connectivity index (χ3n) is 5.53. The number of benzene rings is 2. The summed E-state index contributed by atoms with van der Waals surface area (Å²) >= 11 is 0. The summed E-state index contributed by atoms with van der Waals surface area (Å²) in [6, 6.07) is 18.4. The number of aromatic nitrogens is 1. The van der Waals surface area contributed by atoms with Gasteiger partial charge in [-0.05, 0) is 53.8 Å². The maximum atomic E-state index is 13.4. The fourth-order valence-corrected chi connectivity index (χ4v) is 3.92. The van der Waals surface area contributed by atoms with Crippen LogP contribution in [0.15, 0.2) is 67.0 Å². The molecule has 0 atom stereocenters. The van der Waals surface area contributed by atoms with Crippen LogP contribution in [0.25, 0.3) is 0 Å². The SMILES string of the molecule is CCN(c1cccnc1)c1cccc2c1C(=O)N(c1ccc(C(C)(C)C)cc1)C2. The van der Waals surface area contributed by atoms with Crippen LogP contribution in [0, 0.1) is 0 Å². The highest BCUT2D eigenvalue weighted by Crippen LogP contribution is 2.37. The molecule has 0 fully saturated rings. The maximum absolute atomic E-state index is 13.4. The topological polar surface area (TPSA) is 36.4 Å². The van der Waals surface area contributed by atoms with E-state index in [2.05, 4.69) is 67.9 Å². The van der Waals surface area contributed by atoms with E-state index in [1.807, 2.05) is 35.4 Å². The molecule has 3 aromatic rings. The van der Waals surface area contributed by atoms with Crippen LogP contribution < -0.4 is 9.80 Å². The molecule has 4 rings (SSSR count). The molecule has 1 amide bonds. The van der Waals surface area contributed by atoms with E-state index in [0.29, 0.717) is 6.54 Å². The van der Waals surface area contributed by atoms with Gasteiger partial charge in [-0.2, -0.15) is 0 Å². The van der Waals surface area contributed by atoms with Crippen LogP contribution >= 0.6 is 0 Å². The smallest absolute Gasteiger partial charge is 0.261 e. The summed E-state index contributed by atoms with van der Waals surface area (Å²) in [6.45, 7) is 10.0. The number of nitrogens with zero attached hydrogens (tertiary/aromatic N) is 3. The lowest BCUT2D eigenvalue weighted by molar-refractivity contribution is 0.0997. The Morgan fingerprint density at radius 3 is 2.41 bits per heavy atom. The summed E-state index contributed by atoms with van der Waals surface area (Å²) in [7, 11) is 0. The van der Waals surface area contributed by atoms with Gasteiger partial charge in [0.05, 0.1) is 29.7 Å². The third-order valence-corrected chi connectivity index (χ3v) is 5.53. The molecule has 29 heavy (non-hydrogen) atoms. The van der Waals surface area contributed by atoms with Crippen molar-refractivity contribution < 1.29 is 4.79 Å². The van der Waals surface area contributed by atoms with E-state index in [9.17, 15) is 4.79 Å². The average molecular weight is 386 g/mol. The van der Waals surface area contributed by atoms with E-state index >= 15 is 0 Å². The highest BCUT2D eigenvalue weighted by atomic mass is 16.2. The molecular weight excluding hydrogens is 358 g/mol. The zero-order chi connectivity index (χ0) is 20.6. The Morgan fingerprint density at radius 1 is 1.03 bits per heavy atom. The zero-order valence-electron chi connectivity index (χ0n) is 17.5. The number of anilines is 3. The van der Waals surface area contributed by atoms with Gasteiger partial charge in [-0.1, -0.05) is 45.0 Å². The Kier molecular flexibility index (Phi) is 4.87. The van der Waals surface area contributed by atoms with Crippen molar-refractivity contribution in [3.05, 3.63) is 83.7 Å². The van der Waals surface area contributed by atoms with Crippen molar-refractivity contribution in [2.45, 2.75) is 39.7 Å². The lowest BCUT2D eigenvalue weighted by Gasteiger charge is -2.25. The summed E-state index contributed by atoms with van der Waals surface area (Å²) in [4.78, 5) is 21.7. The van der Waals surface area contributed by atoms with E-state index in [1.165, 1.54) is 5.56 Å². The van der Waals surface area contributed by atoms with Gasteiger partial charge in [0.15, 0.2) is 0 Å². The molecule has 4 heteroatoms. The van der Waals surface area contributed by atoms with Crippen molar-refractivity contribution in [3.8, 4) is 0 Å². The standard InChI is InChI=1S/C25H27N3O/c1-5-27(21-9-7-15-26-16-21)22-10-6-8-18-17-28(24(29)23(18)22)20-13-11-19(12-14-20)25(2,3)4/h6-16H,5,17H2,1-4H3. The second-order valence-corrected chi connectivity index (χ2v) is 8.45. The quantitative estimate of drug-likeness (QED) is 0.578. The number of hydrogen-bond donors (Lipinski definition) is 0. The molecule has 0 unspecified atom stereocenters. The summed E-state index contributed by atoms with van der Waals surface area (Å²) in [5, 5.41) is 0. The predicted octanol–water partition coefficient (Wildman–Crippen LogP) is 5.70. The van der Waals surface area contributed by atoms with Gasteiger partial charge in [-0.3, -0.25) is 9.78 Å². The first kappa shape index (κ1) is 19.2. The molecule has 4 nitrogen and oxygen atoms in total. The van der Waals surface area contributed by atoms with Crippen LogP contribution in [-0.4, -0.2) is 17.4 Å². The van der Waals surface area contributed by atoms with Crippen LogP contribution in [0.2, 0.25) is 0 Å². The predicted molar refractivity (Wildman–Crippen MR) is 119 cm³/mol. The zero-order valence-corrected chi connectivity index (χ0v) is 17.5. The molecule has 0 spiro atoms. The third kappa shape index (κ3) is 3.51. The molecule has 2 heterocycles. The molecule has 148 valence electrons. The highest BCUT2D eigenvalue weighted by molar-refractivity contribution is 6.14. The molecule has 2 aromatic carbocycles. The average Bonchev–Trinajstić information content (AvgIpc) is 3.06. The number of carbonyl (C=O) groups is 1. The molecule has 1 aliphatic heterocycles. The summed E-state index contributed by atoms with van der Waals surface area (Å²) in [5.41, 5.74) is 6.08. The Morgan fingerprint density at radius 2 is 1.79 bits per heavy atom. The molecule has 0 bridgehead atoms. The van der Waals surface area contributed by atoms with Crippen LogP contribution in [0.3, 0.4) is 0 Å².